The van der Waals surface area contributed by atoms with Crippen molar-refractivity contribution in [3.63, 3.8) is 0 Å². The molecule has 0 aliphatic rings. The van der Waals surface area contributed by atoms with E-state index in [9.17, 15) is 10.0 Å². The van der Waals surface area contributed by atoms with E-state index in [0.29, 0.717) is 17.0 Å². The Morgan fingerprint density at radius 3 is 2.79 bits per heavy atom. The first-order valence-corrected chi connectivity index (χ1v) is 6.60. The smallest absolute Gasteiger partial charge is 0.492 e. The maximum atomic E-state index is 9.30. The third kappa shape index (κ3) is 3.28. The van der Waals surface area contributed by atoms with E-state index in [-0.39, 0.29) is 0 Å². The van der Waals surface area contributed by atoms with E-state index < -0.39 is 7.12 Å². The Morgan fingerprint density at radius 1 is 1.42 bits per heavy atom. The van der Waals surface area contributed by atoms with Gasteiger partial charge in [-0.15, -0.1) is 0 Å². The standard InChI is InChI=1S/C11H14BN3O3S/c1-15-11(13-7-14-15)19-6-8-3-4-10(18-2)9(5-8)12(16)17/h3-5,7,16-17H,6H2,1-2H3. The maximum Gasteiger partial charge on any atom is 0.492 e. The van der Waals surface area contributed by atoms with Gasteiger partial charge in [-0.05, 0) is 11.6 Å². The molecule has 1 aromatic heterocycles. The van der Waals surface area contributed by atoms with Crippen LogP contribution in [0.4, 0.5) is 0 Å². The van der Waals surface area contributed by atoms with Gasteiger partial charge in [-0.1, -0.05) is 23.9 Å². The Balaban J connectivity index is 2.13. The van der Waals surface area contributed by atoms with E-state index in [4.69, 9.17) is 4.74 Å². The monoisotopic (exact) mass is 279 g/mol. The van der Waals surface area contributed by atoms with Crippen LogP contribution in [0.1, 0.15) is 5.56 Å². The lowest BCUT2D eigenvalue weighted by Crippen LogP contribution is -2.31. The molecule has 19 heavy (non-hydrogen) atoms. The maximum absolute atomic E-state index is 9.30. The van der Waals surface area contributed by atoms with Crippen molar-refractivity contribution in [1.29, 1.82) is 0 Å². The highest BCUT2D eigenvalue weighted by molar-refractivity contribution is 7.98. The van der Waals surface area contributed by atoms with Gasteiger partial charge in [-0.3, -0.25) is 0 Å². The number of hydrogen-bond acceptors (Lipinski definition) is 6. The van der Waals surface area contributed by atoms with Gasteiger partial charge < -0.3 is 14.8 Å². The van der Waals surface area contributed by atoms with Crippen LogP contribution in [0.2, 0.25) is 0 Å². The lowest BCUT2D eigenvalue weighted by Gasteiger charge is -2.09. The Bertz CT molecular complexity index is 562. The molecule has 0 aliphatic heterocycles. The summed E-state index contributed by atoms with van der Waals surface area (Å²) >= 11 is 1.53. The number of benzene rings is 1. The van der Waals surface area contributed by atoms with Crippen LogP contribution in [0.5, 0.6) is 5.75 Å². The van der Waals surface area contributed by atoms with E-state index in [0.717, 1.165) is 10.7 Å². The SMILES string of the molecule is COc1ccc(CSc2ncnn2C)cc1B(O)O. The first kappa shape index (κ1) is 13.9. The molecule has 1 heterocycles. The minimum atomic E-state index is -1.55. The molecule has 6 nitrogen and oxygen atoms in total. The third-order valence-corrected chi connectivity index (χ3v) is 3.72. The van der Waals surface area contributed by atoms with Crippen LogP contribution in [-0.2, 0) is 12.8 Å². The normalized spacial score (nSPS) is 10.5. The van der Waals surface area contributed by atoms with Crippen LogP contribution in [0, 0.1) is 0 Å². The molecule has 0 saturated heterocycles. The number of methoxy groups -OCH3 is 1. The molecule has 0 radical (unpaired) electrons. The molecular weight excluding hydrogens is 265 g/mol. The second-order valence-electron chi connectivity index (χ2n) is 3.90. The van der Waals surface area contributed by atoms with Gasteiger partial charge in [0.25, 0.3) is 0 Å². The summed E-state index contributed by atoms with van der Waals surface area (Å²) in [6, 6.07) is 5.32. The molecule has 0 spiro atoms. The largest absolute Gasteiger partial charge is 0.497 e. The quantitative estimate of drug-likeness (QED) is 0.582. The summed E-state index contributed by atoms with van der Waals surface area (Å²) in [7, 11) is 1.77. The summed E-state index contributed by atoms with van der Waals surface area (Å²) in [6.07, 6.45) is 1.50. The van der Waals surface area contributed by atoms with Crippen molar-refractivity contribution in [2.75, 3.05) is 7.11 Å². The predicted octanol–water partition coefficient (Wildman–Crippen LogP) is -0.204. The van der Waals surface area contributed by atoms with Crippen molar-refractivity contribution < 1.29 is 14.8 Å². The molecule has 2 rings (SSSR count). The van der Waals surface area contributed by atoms with Crippen LogP contribution in [0.25, 0.3) is 0 Å². The van der Waals surface area contributed by atoms with Crippen molar-refractivity contribution >= 4 is 24.3 Å². The highest BCUT2D eigenvalue weighted by Crippen LogP contribution is 2.20. The second kappa shape index (κ2) is 6.09. The van der Waals surface area contributed by atoms with Gasteiger partial charge in [0.15, 0.2) is 5.16 Å². The highest BCUT2D eigenvalue weighted by atomic mass is 32.2. The van der Waals surface area contributed by atoms with Crippen LogP contribution >= 0.6 is 11.8 Å². The lowest BCUT2D eigenvalue weighted by atomic mass is 9.79. The molecule has 0 atom stereocenters. The Kier molecular flexibility index (Phi) is 4.46. The molecule has 2 aromatic rings. The zero-order valence-electron chi connectivity index (χ0n) is 10.6. The van der Waals surface area contributed by atoms with Gasteiger partial charge in [-0.25, -0.2) is 9.67 Å². The number of thioether (sulfide) groups is 1. The van der Waals surface area contributed by atoms with E-state index in [2.05, 4.69) is 10.1 Å². The van der Waals surface area contributed by atoms with Gasteiger partial charge in [0.2, 0.25) is 0 Å². The first-order valence-electron chi connectivity index (χ1n) is 5.61. The highest BCUT2D eigenvalue weighted by Gasteiger charge is 2.17. The molecule has 0 fully saturated rings. The van der Waals surface area contributed by atoms with Crippen LogP contribution in [0.15, 0.2) is 29.7 Å². The summed E-state index contributed by atoms with van der Waals surface area (Å²) in [6.45, 7) is 0. The Morgan fingerprint density at radius 2 is 2.21 bits per heavy atom. The first-order chi connectivity index (χ1) is 9.11. The average molecular weight is 279 g/mol. The molecule has 0 amide bonds. The Labute approximate surface area is 115 Å². The molecule has 0 unspecified atom stereocenters. The molecule has 1 aromatic carbocycles. The number of nitrogens with zero attached hydrogens (tertiary/aromatic N) is 3. The lowest BCUT2D eigenvalue weighted by molar-refractivity contribution is 0.403. The average Bonchev–Trinajstić information content (AvgIpc) is 2.81. The topological polar surface area (TPSA) is 80.4 Å². The number of ether oxygens (including phenoxy) is 1. The third-order valence-electron chi connectivity index (χ3n) is 2.61. The zero-order valence-corrected chi connectivity index (χ0v) is 11.5. The van der Waals surface area contributed by atoms with E-state index in [1.807, 2.05) is 13.1 Å². The van der Waals surface area contributed by atoms with Crippen molar-refractivity contribution in [1.82, 2.24) is 14.8 Å². The van der Waals surface area contributed by atoms with E-state index in [1.54, 1.807) is 16.8 Å². The van der Waals surface area contributed by atoms with Crippen molar-refractivity contribution in [3.05, 3.63) is 30.1 Å². The molecular formula is C11H14BN3O3S. The molecule has 0 aliphatic carbocycles. The summed E-state index contributed by atoms with van der Waals surface area (Å²) in [4.78, 5) is 4.11. The van der Waals surface area contributed by atoms with Crippen molar-refractivity contribution in [3.8, 4) is 5.75 Å². The summed E-state index contributed by atoms with van der Waals surface area (Å²) in [5, 5.41) is 23.4. The molecule has 2 N–H and O–H groups in total. The molecule has 8 heteroatoms. The van der Waals surface area contributed by atoms with Gasteiger partial charge >= 0.3 is 7.12 Å². The fourth-order valence-electron chi connectivity index (χ4n) is 1.64. The molecule has 100 valence electrons. The van der Waals surface area contributed by atoms with E-state index in [1.165, 1.54) is 25.2 Å². The second-order valence-corrected chi connectivity index (χ2v) is 4.85. The van der Waals surface area contributed by atoms with Crippen LogP contribution in [-0.4, -0.2) is 39.0 Å². The molecule has 0 saturated carbocycles. The molecule has 0 bridgehead atoms. The number of hydrogen-bond donors (Lipinski definition) is 2. The van der Waals surface area contributed by atoms with Crippen molar-refractivity contribution in [2.45, 2.75) is 10.9 Å². The fraction of sp³-hybridized carbons (Fsp3) is 0.273. The van der Waals surface area contributed by atoms with Gasteiger partial charge in [0, 0.05) is 18.3 Å². The van der Waals surface area contributed by atoms with E-state index >= 15 is 0 Å². The van der Waals surface area contributed by atoms with Crippen LogP contribution < -0.4 is 10.2 Å². The summed E-state index contributed by atoms with van der Waals surface area (Å²) < 4.78 is 6.77. The summed E-state index contributed by atoms with van der Waals surface area (Å²) in [5.41, 5.74) is 1.32. The summed E-state index contributed by atoms with van der Waals surface area (Å²) in [5.74, 6) is 1.12. The number of aryl methyl sites for hydroxylation is 1. The number of rotatable bonds is 5. The minimum Gasteiger partial charge on any atom is -0.497 e. The van der Waals surface area contributed by atoms with Gasteiger partial charge in [0.05, 0.1) is 7.11 Å². The fourth-order valence-corrected chi connectivity index (χ4v) is 2.47. The predicted molar refractivity (Wildman–Crippen MR) is 73.4 cm³/mol. The Hall–Kier alpha value is -1.51. The van der Waals surface area contributed by atoms with Crippen molar-refractivity contribution in [2.24, 2.45) is 7.05 Å². The number of aromatic nitrogens is 3. The zero-order chi connectivity index (χ0) is 13.8. The van der Waals surface area contributed by atoms with Crippen LogP contribution in [0.3, 0.4) is 0 Å². The van der Waals surface area contributed by atoms with Gasteiger partial charge in [-0.2, -0.15) is 5.10 Å². The van der Waals surface area contributed by atoms with Gasteiger partial charge in [0.1, 0.15) is 12.1 Å². The minimum absolute atomic E-state index is 0.360.